The molecule has 29 heavy (non-hydrogen) atoms. The van der Waals surface area contributed by atoms with E-state index >= 15 is 0 Å². The highest BCUT2D eigenvalue weighted by Crippen LogP contribution is 2.38. The molecule has 0 radical (unpaired) electrons. The molecule has 0 aromatic carbocycles. The molecular weight excluding hydrogens is 386 g/mol. The maximum Gasteiger partial charge on any atom is 0.280 e. The Kier molecular flexibility index (Phi) is 8.95. The molecule has 162 valence electrons. The van der Waals surface area contributed by atoms with E-state index < -0.39 is 0 Å². The van der Waals surface area contributed by atoms with Crippen molar-refractivity contribution >= 4 is 28.2 Å². The van der Waals surface area contributed by atoms with E-state index in [9.17, 15) is 9.59 Å². The van der Waals surface area contributed by atoms with E-state index in [1.165, 1.54) is 49.8 Å². The number of rotatable bonds is 8. The minimum atomic E-state index is -0.0965. The van der Waals surface area contributed by atoms with Crippen LogP contribution in [0.15, 0.2) is 0 Å². The van der Waals surface area contributed by atoms with Crippen molar-refractivity contribution in [2.24, 2.45) is 0 Å². The first kappa shape index (κ1) is 22.2. The van der Waals surface area contributed by atoms with E-state index in [-0.39, 0.29) is 11.8 Å². The summed E-state index contributed by atoms with van der Waals surface area (Å²) in [7, 11) is 1.62. The topological polar surface area (TPSA) is 84.0 Å². The highest BCUT2D eigenvalue weighted by molar-refractivity contribution is 7.17. The molecule has 1 aromatic rings. The van der Waals surface area contributed by atoms with Gasteiger partial charge in [0.1, 0.15) is 5.00 Å². The summed E-state index contributed by atoms with van der Waals surface area (Å²) >= 11 is 1.59. The fraction of sp³-hybridized carbons (Fsp3) is 0.727. The number of hydrogen-bond donors (Lipinski definition) is 3. The van der Waals surface area contributed by atoms with Crippen molar-refractivity contribution in [1.82, 2.24) is 5.32 Å². The number of carbonyl (C=O) groups excluding carboxylic acids is 2. The quantitative estimate of drug-likeness (QED) is 0.563. The van der Waals surface area contributed by atoms with Crippen LogP contribution in [-0.4, -0.2) is 44.7 Å². The van der Waals surface area contributed by atoms with Gasteiger partial charge in [-0.15, -0.1) is 11.3 Å². The van der Waals surface area contributed by atoms with Crippen molar-refractivity contribution in [3.63, 3.8) is 0 Å². The van der Waals surface area contributed by atoms with Crippen molar-refractivity contribution in [3.05, 3.63) is 16.0 Å². The smallest absolute Gasteiger partial charge is 0.280 e. The van der Waals surface area contributed by atoms with Crippen LogP contribution in [0.25, 0.3) is 0 Å². The zero-order valence-corrected chi connectivity index (χ0v) is 18.5. The Morgan fingerprint density at radius 1 is 1.07 bits per heavy atom. The van der Waals surface area contributed by atoms with Crippen molar-refractivity contribution in [1.29, 1.82) is 0 Å². The average Bonchev–Trinajstić information content (AvgIpc) is 3.05. The lowest BCUT2D eigenvalue weighted by molar-refractivity contribution is -0.680. The van der Waals surface area contributed by atoms with E-state index in [0.29, 0.717) is 31.3 Å². The number of fused-ring (bicyclic) bond motifs is 1. The molecule has 0 aliphatic heterocycles. The van der Waals surface area contributed by atoms with E-state index in [2.05, 4.69) is 16.0 Å². The lowest BCUT2D eigenvalue weighted by atomic mass is 9.95. The number of amides is 2. The largest absolute Gasteiger partial charge is 0.383 e. The summed E-state index contributed by atoms with van der Waals surface area (Å²) in [6, 6.07) is 0.550. The van der Waals surface area contributed by atoms with E-state index in [1.54, 1.807) is 18.4 Å². The fourth-order valence-electron chi connectivity index (χ4n) is 4.42. The maximum atomic E-state index is 12.8. The van der Waals surface area contributed by atoms with E-state index in [1.807, 2.05) is 0 Å². The van der Waals surface area contributed by atoms with Crippen LogP contribution in [0.1, 0.15) is 78.6 Å². The molecule has 0 saturated heterocycles. The lowest BCUT2D eigenvalue weighted by Crippen LogP contribution is -2.91. The third-order valence-corrected chi connectivity index (χ3v) is 7.24. The van der Waals surface area contributed by atoms with Crippen LogP contribution in [-0.2, 0) is 22.4 Å². The van der Waals surface area contributed by atoms with Crippen LogP contribution in [0.4, 0.5) is 5.00 Å². The van der Waals surface area contributed by atoms with Gasteiger partial charge in [-0.05, 0) is 56.9 Å². The molecular formula is C22H36N3O3S+. The minimum absolute atomic E-state index is 0.00315. The zero-order valence-electron chi connectivity index (χ0n) is 17.7. The van der Waals surface area contributed by atoms with Gasteiger partial charge >= 0.3 is 0 Å². The van der Waals surface area contributed by atoms with Gasteiger partial charge in [0.05, 0.1) is 18.2 Å². The van der Waals surface area contributed by atoms with Crippen LogP contribution < -0.4 is 16.0 Å². The van der Waals surface area contributed by atoms with Crippen LogP contribution in [0.3, 0.4) is 0 Å². The molecule has 0 atom stereocenters. The molecule has 4 N–H and O–H groups in total. The van der Waals surface area contributed by atoms with Crippen LogP contribution >= 0.6 is 11.3 Å². The van der Waals surface area contributed by atoms with Gasteiger partial charge in [0.25, 0.3) is 11.8 Å². The highest BCUT2D eigenvalue weighted by atomic mass is 32.1. The average molecular weight is 423 g/mol. The second-order valence-electron chi connectivity index (χ2n) is 8.26. The lowest BCUT2D eigenvalue weighted by Gasteiger charge is -2.18. The Labute approximate surface area is 178 Å². The Bertz CT molecular complexity index is 681. The first-order valence-corrected chi connectivity index (χ1v) is 12.1. The molecule has 0 unspecified atom stereocenters. The fourth-order valence-corrected chi connectivity index (χ4v) is 5.73. The van der Waals surface area contributed by atoms with Crippen molar-refractivity contribution in [2.75, 3.05) is 32.1 Å². The molecule has 1 heterocycles. The number of anilines is 1. The molecule has 1 saturated carbocycles. The van der Waals surface area contributed by atoms with Gasteiger partial charge in [0, 0.05) is 18.5 Å². The summed E-state index contributed by atoms with van der Waals surface area (Å²) in [5.74, 6) is -0.0997. The van der Waals surface area contributed by atoms with Crippen LogP contribution in [0.5, 0.6) is 0 Å². The Morgan fingerprint density at radius 2 is 1.79 bits per heavy atom. The first-order chi connectivity index (χ1) is 14.2. The molecule has 2 aliphatic carbocycles. The first-order valence-electron chi connectivity index (χ1n) is 11.2. The van der Waals surface area contributed by atoms with Gasteiger partial charge in [-0.25, -0.2) is 0 Å². The number of aryl methyl sites for hydroxylation is 1. The summed E-state index contributed by atoms with van der Waals surface area (Å²) in [6.07, 6.45) is 13.1. The monoisotopic (exact) mass is 422 g/mol. The van der Waals surface area contributed by atoms with E-state index in [4.69, 9.17) is 4.74 Å². The number of ether oxygens (including phenoxy) is 1. The Morgan fingerprint density at radius 3 is 2.55 bits per heavy atom. The molecule has 0 spiro atoms. The van der Waals surface area contributed by atoms with Crippen molar-refractivity contribution < 1.29 is 19.6 Å². The predicted octanol–water partition coefficient (Wildman–Crippen LogP) is 2.62. The van der Waals surface area contributed by atoms with Crippen molar-refractivity contribution in [3.8, 4) is 0 Å². The molecule has 1 aromatic heterocycles. The van der Waals surface area contributed by atoms with Gasteiger partial charge in [-0.1, -0.05) is 19.3 Å². The highest BCUT2D eigenvalue weighted by Gasteiger charge is 2.26. The SMILES string of the molecule is COCCNC(=O)c1c(NC(=O)C[NH2+]C2CCCCCCC2)sc2c1CCCC2. The van der Waals surface area contributed by atoms with Gasteiger partial charge in [0.15, 0.2) is 6.54 Å². The molecule has 0 bridgehead atoms. The number of nitrogens with two attached hydrogens (primary N) is 1. The Hall–Kier alpha value is -1.44. The predicted molar refractivity (Wildman–Crippen MR) is 117 cm³/mol. The summed E-state index contributed by atoms with van der Waals surface area (Å²) in [6.45, 7) is 1.39. The standard InChI is InChI=1S/C22H35N3O3S/c1-28-14-13-23-21(27)20-17-11-7-8-12-18(17)29-22(20)25-19(26)15-24-16-9-5-3-2-4-6-10-16/h16,24H,2-15H2,1H3,(H,23,27)(H,25,26)/p+1. The van der Waals surface area contributed by atoms with Crippen LogP contribution in [0.2, 0.25) is 0 Å². The normalized spacial score (nSPS) is 17.8. The molecule has 3 rings (SSSR count). The summed E-state index contributed by atoms with van der Waals surface area (Å²) < 4.78 is 5.04. The molecule has 1 fully saturated rings. The zero-order chi connectivity index (χ0) is 20.5. The van der Waals surface area contributed by atoms with Gasteiger partial charge in [-0.2, -0.15) is 0 Å². The molecule has 2 aliphatic rings. The van der Waals surface area contributed by atoms with Crippen molar-refractivity contribution in [2.45, 2.75) is 76.7 Å². The van der Waals surface area contributed by atoms with E-state index in [0.717, 1.165) is 36.2 Å². The number of carbonyl (C=O) groups is 2. The molecule has 7 heteroatoms. The Balaban J connectivity index is 1.61. The number of nitrogens with one attached hydrogen (secondary N) is 2. The second kappa shape index (κ2) is 11.7. The number of methoxy groups -OCH3 is 1. The molecule has 2 amide bonds. The summed E-state index contributed by atoms with van der Waals surface area (Å²) in [5.41, 5.74) is 1.82. The number of hydrogen-bond acceptors (Lipinski definition) is 4. The second-order valence-corrected chi connectivity index (χ2v) is 9.36. The third-order valence-electron chi connectivity index (χ3n) is 6.03. The number of thiophene rings is 1. The third kappa shape index (κ3) is 6.52. The summed E-state index contributed by atoms with van der Waals surface area (Å²) in [5, 5.41) is 8.92. The van der Waals surface area contributed by atoms with Crippen LogP contribution in [0, 0.1) is 0 Å². The minimum Gasteiger partial charge on any atom is -0.383 e. The van der Waals surface area contributed by atoms with Gasteiger partial charge < -0.3 is 20.7 Å². The summed E-state index contributed by atoms with van der Waals surface area (Å²) in [4.78, 5) is 26.7. The van der Waals surface area contributed by atoms with Gasteiger partial charge in [-0.3, -0.25) is 9.59 Å². The maximum absolute atomic E-state index is 12.8. The van der Waals surface area contributed by atoms with Gasteiger partial charge in [0.2, 0.25) is 0 Å². The molecule has 6 nitrogen and oxygen atoms in total. The number of quaternary nitrogens is 1.